The predicted octanol–water partition coefficient (Wildman–Crippen LogP) is 3.28. The molecule has 92 valence electrons. The van der Waals surface area contributed by atoms with Gasteiger partial charge >= 0.3 is 0 Å². The van der Waals surface area contributed by atoms with Crippen molar-refractivity contribution in [3.63, 3.8) is 0 Å². The normalized spacial score (nSPS) is 20.8. The highest BCUT2D eigenvalue weighted by Crippen LogP contribution is 2.35. The molecule has 1 saturated carbocycles. The Balaban J connectivity index is 1.73. The summed E-state index contributed by atoms with van der Waals surface area (Å²) in [5.41, 5.74) is 1.44. The van der Waals surface area contributed by atoms with Crippen LogP contribution < -0.4 is 5.32 Å². The number of halogens is 1. The molecule has 1 amide bonds. The molecule has 0 unspecified atom stereocenters. The van der Waals surface area contributed by atoms with Crippen LogP contribution >= 0.6 is 27.3 Å². The molecule has 0 aliphatic heterocycles. The van der Waals surface area contributed by atoms with Crippen molar-refractivity contribution in [2.75, 3.05) is 5.33 Å². The first-order chi connectivity index (χ1) is 8.22. The van der Waals surface area contributed by atoms with E-state index in [-0.39, 0.29) is 11.4 Å². The number of aryl methyl sites for hydroxylation is 2. The maximum Gasteiger partial charge on any atom is 0.261 e. The third-order valence-corrected chi connectivity index (χ3v) is 6.22. The van der Waals surface area contributed by atoms with Crippen molar-refractivity contribution in [3.05, 3.63) is 21.4 Å². The van der Waals surface area contributed by atoms with Crippen molar-refractivity contribution in [1.29, 1.82) is 0 Å². The van der Waals surface area contributed by atoms with Crippen LogP contribution in [0.3, 0.4) is 0 Å². The van der Waals surface area contributed by atoms with E-state index in [9.17, 15) is 4.79 Å². The van der Waals surface area contributed by atoms with Gasteiger partial charge in [0.25, 0.3) is 5.91 Å². The maximum atomic E-state index is 12.2. The average molecular weight is 314 g/mol. The summed E-state index contributed by atoms with van der Waals surface area (Å²) in [4.78, 5) is 14.5. The van der Waals surface area contributed by atoms with E-state index in [2.05, 4.69) is 27.3 Å². The van der Waals surface area contributed by atoms with Crippen molar-refractivity contribution in [2.45, 2.75) is 44.1 Å². The van der Waals surface area contributed by atoms with E-state index < -0.39 is 0 Å². The van der Waals surface area contributed by atoms with Crippen LogP contribution in [0, 0.1) is 0 Å². The number of hydrogen-bond acceptors (Lipinski definition) is 2. The fourth-order valence-corrected chi connectivity index (χ4v) is 4.49. The van der Waals surface area contributed by atoms with Crippen molar-refractivity contribution < 1.29 is 4.79 Å². The van der Waals surface area contributed by atoms with E-state index in [1.807, 2.05) is 0 Å². The molecule has 3 rings (SSSR count). The molecule has 0 aromatic carbocycles. The smallest absolute Gasteiger partial charge is 0.261 e. The van der Waals surface area contributed by atoms with Gasteiger partial charge < -0.3 is 5.32 Å². The first-order valence-corrected chi connectivity index (χ1v) is 8.16. The number of rotatable bonds is 3. The molecule has 1 aromatic rings. The van der Waals surface area contributed by atoms with E-state index in [0.717, 1.165) is 35.9 Å². The van der Waals surface area contributed by atoms with Crippen molar-refractivity contribution in [3.8, 4) is 0 Å². The number of nitrogens with one attached hydrogen (secondary N) is 1. The van der Waals surface area contributed by atoms with Gasteiger partial charge in [-0.05, 0) is 50.2 Å². The Bertz CT molecular complexity index is 423. The van der Waals surface area contributed by atoms with E-state index in [1.54, 1.807) is 11.3 Å². The lowest BCUT2D eigenvalue weighted by Crippen LogP contribution is -2.54. The van der Waals surface area contributed by atoms with E-state index in [4.69, 9.17) is 0 Å². The van der Waals surface area contributed by atoms with Gasteiger partial charge in [0, 0.05) is 10.2 Å². The summed E-state index contributed by atoms with van der Waals surface area (Å²) >= 11 is 5.21. The topological polar surface area (TPSA) is 29.1 Å². The number of carbonyl (C=O) groups is 1. The fourth-order valence-electron chi connectivity index (χ4n) is 2.64. The summed E-state index contributed by atoms with van der Waals surface area (Å²) in [6, 6.07) is 2.10. The number of amides is 1. The SMILES string of the molecule is O=C(NC1(CBr)CCC1)c1cc2c(s1)CCC2. The minimum atomic E-state index is 0.0333. The number of alkyl halides is 1. The van der Waals surface area contributed by atoms with Crippen molar-refractivity contribution in [2.24, 2.45) is 0 Å². The summed E-state index contributed by atoms with van der Waals surface area (Å²) in [5, 5.41) is 4.08. The molecular weight excluding hydrogens is 298 g/mol. The summed E-state index contributed by atoms with van der Waals surface area (Å²) < 4.78 is 0. The zero-order valence-corrected chi connectivity index (χ0v) is 12.1. The van der Waals surface area contributed by atoms with Crippen LogP contribution in [-0.2, 0) is 12.8 Å². The molecule has 1 N–H and O–H groups in total. The Kier molecular flexibility index (Phi) is 3.03. The van der Waals surface area contributed by atoms with Crippen LogP contribution in [0.15, 0.2) is 6.07 Å². The second-order valence-electron chi connectivity index (χ2n) is 5.13. The Labute approximate surface area is 114 Å². The molecule has 0 radical (unpaired) electrons. The van der Waals surface area contributed by atoms with Crippen LogP contribution in [0.5, 0.6) is 0 Å². The summed E-state index contributed by atoms with van der Waals surface area (Å²) in [6.45, 7) is 0. The van der Waals surface area contributed by atoms with Gasteiger partial charge in [0.15, 0.2) is 0 Å². The molecule has 0 bridgehead atoms. The third kappa shape index (κ3) is 2.06. The molecule has 1 aromatic heterocycles. The molecule has 2 aliphatic carbocycles. The summed E-state index contributed by atoms with van der Waals surface area (Å²) in [6.07, 6.45) is 7.02. The molecule has 17 heavy (non-hydrogen) atoms. The lowest BCUT2D eigenvalue weighted by Gasteiger charge is -2.41. The Morgan fingerprint density at radius 3 is 2.82 bits per heavy atom. The molecule has 0 spiro atoms. The van der Waals surface area contributed by atoms with Gasteiger partial charge in [0.05, 0.1) is 10.4 Å². The molecular formula is C13H16BrNOS. The Hall–Kier alpha value is -0.350. The van der Waals surface area contributed by atoms with Gasteiger partial charge in [-0.15, -0.1) is 11.3 Å². The second kappa shape index (κ2) is 4.39. The van der Waals surface area contributed by atoms with Gasteiger partial charge in [-0.25, -0.2) is 0 Å². The van der Waals surface area contributed by atoms with E-state index in [1.165, 1.54) is 23.3 Å². The number of fused-ring (bicyclic) bond motifs is 1. The van der Waals surface area contributed by atoms with E-state index >= 15 is 0 Å². The molecule has 0 atom stereocenters. The predicted molar refractivity (Wildman–Crippen MR) is 74.2 cm³/mol. The third-order valence-electron chi connectivity index (χ3n) is 3.92. The second-order valence-corrected chi connectivity index (χ2v) is 6.83. The van der Waals surface area contributed by atoms with Gasteiger partial charge in [-0.3, -0.25) is 4.79 Å². The van der Waals surface area contributed by atoms with Gasteiger partial charge in [-0.1, -0.05) is 15.9 Å². The minimum absolute atomic E-state index is 0.0333. The fraction of sp³-hybridized carbons (Fsp3) is 0.615. The number of thiophene rings is 1. The van der Waals surface area contributed by atoms with Crippen LogP contribution in [0.2, 0.25) is 0 Å². The molecule has 2 nitrogen and oxygen atoms in total. The molecule has 1 fully saturated rings. The largest absolute Gasteiger partial charge is 0.345 e. The first-order valence-electron chi connectivity index (χ1n) is 6.22. The van der Waals surface area contributed by atoms with Crippen LogP contribution in [0.4, 0.5) is 0 Å². The van der Waals surface area contributed by atoms with Crippen LogP contribution in [0.1, 0.15) is 45.8 Å². The zero-order chi connectivity index (χ0) is 11.9. The number of hydrogen-bond donors (Lipinski definition) is 1. The average Bonchev–Trinajstić information content (AvgIpc) is 2.82. The molecule has 2 aliphatic rings. The molecule has 4 heteroatoms. The zero-order valence-electron chi connectivity index (χ0n) is 9.72. The van der Waals surface area contributed by atoms with Gasteiger partial charge in [0.1, 0.15) is 0 Å². The summed E-state index contributed by atoms with van der Waals surface area (Å²) in [7, 11) is 0. The van der Waals surface area contributed by atoms with Crippen molar-refractivity contribution >= 4 is 33.2 Å². The lowest BCUT2D eigenvalue weighted by atomic mass is 9.78. The Morgan fingerprint density at radius 2 is 2.24 bits per heavy atom. The highest BCUT2D eigenvalue weighted by Gasteiger charge is 2.37. The highest BCUT2D eigenvalue weighted by atomic mass is 79.9. The van der Waals surface area contributed by atoms with Gasteiger partial charge in [0.2, 0.25) is 0 Å². The van der Waals surface area contributed by atoms with Crippen molar-refractivity contribution in [1.82, 2.24) is 5.32 Å². The lowest BCUT2D eigenvalue weighted by molar-refractivity contribution is 0.0860. The van der Waals surface area contributed by atoms with Crippen LogP contribution in [0.25, 0.3) is 0 Å². The summed E-state index contributed by atoms with van der Waals surface area (Å²) in [5.74, 6) is 0.128. The minimum Gasteiger partial charge on any atom is -0.345 e. The Morgan fingerprint density at radius 1 is 1.41 bits per heavy atom. The first kappa shape index (κ1) is 11.7. The number of carbonyl (C=O) groups excluding carboxylic acids is 1. The van der Waals surface area contributed by atoms with Gasteiger partial charge in [-0.2, -0.15) is 0 Å². The standard InChI is InChI=1S/C13H16BrNOS/c14-8-13(5-2-6-13)15-12(16)11-7-9-3-1-4-10(9)17-11/h7H,1-6,8H2,(H,15,16). The van der Waals surface area contributed by atoms with Crippen LogP contribution in [-0.4, -0.2) is 16.8 Å². The molecule has 0 saturated heterocycles. The monoisotopic (exact) mass is 313 g/mol. The maximum absolute atomic E-state index is 12.2. The highest BCUT2D eigenvalue weighted by molar-refractivity contribution is 9.09. The molecule has 1 heterocycles. The van der Waals surface area contributed by atoms with E-state index in [0.29, 0.717) is 0 Å². The quantitative estimate of drug-likeness (QED) is 0.852.